The number of aliphatic imine (C=N–C) groups is 1. The SMILES string of the molecule is CCNC(=NCC(=O)NCc1ccco1)N1CCN(C(C)=O)CC1. The summed E-state index contributed by atoms with van der Waals surface area (Å²) < 4.78 is 5.17. The second-order valence-electron chi connectivity index (χ2n) is 5.52. The van der Waals surface area contributed by atoms with Crippen LogP contribution in [0.25, 0.3) is 0 Å². The molecule has 8 heteroatoms. The van der Waals surface area contributed by atoms with Gasteiger partial charge in [-0.1, -0.05) is 0 Å². The Bertz CT molecular complexity index is 562. The van der Waals surface area contributed by atoms with Crippen LogP contribution < -0.4 is 10.6 Å². The summed E-state index contributed by atoms with van der Waals surface area (Å²) in [6, 6.07) is 3.59. The minimum absolute atomic E-state index is 0.0516. The van der Waals surface area contributed by atoms with Gasteiger partial charge in [0.25, 0.3) is 0 Å². The zero-order valence-corrected chi connectivity index (χ0v) is 14.2. The summed E-state index contributed by atoms with van der Waals surface area (Å²) in [5.41, 5.74) is 0. The molecule has 1 aromatic heterocycles. The van der Waals surface area contributed by atoms with E-state index in [1.165, 1.54) is 0 Å². The molecule has 0 saturated carbocycles. The topological polar surface area (TPSA) is 90.2 Å². The number of hydrogen-bond acceptors (Lipinski definition) is 4. The van der Waals surface area contributed by atoms with Gasteiger partial charge in [-0.25, -0.2) is 4.99 Å². The second-order valence-corrected chi connectivity index (χ2v) is 5.52. The van der Waals surface area contributed by atoms with E-state index in [1.807, 2.05) is 17.9 Å². The third-order valence-corrected chi connectivity index (χ3v) is 3.77. The van der Waals surface area contributed by atoms with E-state index in [9.17, 15) is 9.59 Å². The third-order valence-electron chi connectivity index (χ3n) is 3.77. The van der Waals surface area contributed by atoms with Crippen molar-refractivity contribution in [3.8, 4) is 0 Å². The maximum Gasteiger partial charge on any atom is 0.242 e. The van der Waals surface area contributed by atoms with Gasteiger partial charge >= 0.3 is 0 Å². The molecule has 0 bridgehead atoms. The van der Waals surface area contributed by atoms with E-state index in [0.717, 1.165) is 6.54 Å². The fourth-order valence-corrected chi connectivity index (χ4v) is 2.46. The summed E-state index contributed by atoms with van der Waals surface area (Å²) >= 11 is 0. The molecule has 24 heavy (non-hydrogen) atoms. The van der Waals surface area contributed by atoms with E-state index >= 15 is 0 Å². The van der Waals surface area contributed by atoms with Crippen molar-refractivity contribution >= 4 is 17.8 Å². The number of amides is 2. The molecule has 0 spiro atoms. The van der Waals surface area contributed by atoms with Gasteiger partial charge in [0.05, 0.1) is 12.8 Å². The molecular formula is C16H25N5O3. The number of nitrogens with zero attached hydrogens (tertiary/aromatic N) is 3. The quantitative estimate of drug-likeness (QED) is 0.585. The monoisotopic (exact) mass is 335 g/mol. The van der Waals surface area contributed by atoms with Crippen LogP contribution in [-0.2, 0) is 16.1 Å². The molecule has 0 aliphatic carbocycles. The number of carbonyl (C=O) groups is 2. The molecule has 1 aromatic rings. The van der Waals surface area contributed by atoms with E-state index in [1.54, 1.807) is 19.3 Å². The minimum Gasteiger partial charge on any atom is -0.467 e. The lowest BCUT2D eigenvalue weighted by Gasteiger charge is -2.36. The number of guanidine groups is 1. The Labute approximate surface area is 141 Å². The van der Waals surface area contributed by atoms with Gasteiger partial charge in [0.2, 0.25) is 11.8 Å². The van der Waals surface area contributed by atoms with E-state index < -0.39 is 0 Å². The Morgan fingerprint density at radius 3 is 2.50 bits per heavy atom. The summed E-state index contributed by atoms with van der Waals surface area (Å²) in [5.74, 6) is 1.34. The number of piperazine rings is 1. The summed E-state index contributed by atoms with van der Waals surface area (Å²) in [5, 5.41) is 5.96. The molecule has 1 fully saturated rings. The van der Waals surface area contributed by atoms with E-state index in [-0.39, 0.29) is 18.4 Å². The molecule has 0 atom stereocenters. The number of furan rings is 1. The van der Waals surface area contributed by atoms with Crippen molar-refractivity contribution in [2.45, 2.75) is 20.4 Å². The first-order valence-corrected chi connectivity index (χ1v) is 8.18. The summed E-state index contributed by atoms with van der Waals surface area (Å²) in [7, 11) is 0. The number of carbonyl (C=O) groups excluding carboxylic acids is 2. The van der Waals surface area contributed by atoms with Crippen LogP contribution in [0.5, 0.6) is 0 Å². The van der Waals surface area contributed by atoms with Crippen molar-refractivity contribution in [1.29, 1.82) is 0 Å². The van der Waals surface area contributed by atoms with Gasteiger partial charge in [-0.3, -0.25) is 9.59 Å². The molecule has 0 radical (unpaired) electrons. The smallest absolute Gasteiger partial charge is 0.242 e. The molecule has 8 nitrogen and oxygen atoms in total. The summed E-state index contributed by atoms with van der Waals surface area (Å²) in [4.78, 5) is 31.6. The van der Waals surface area contributed by atoms with Crippen LogP contribution in [-0.4, -0.2) is 66.8 Å². The van der Waals surface area contributed by atoms with E-state index in [4.69, 9.17) is 4.42 Å². The van der Waals surface area contributed by atoms with Gasteiger partial charge in [0.1, 0.15) is 12.3 Å². The molecule has 2 heterocycles. The Balaban J connectivity index is 1.83. The normalized spacial score (nSPS) is 15.3. The predicted molar refractivity (Wildman–Crippen MR) is 90.4 cm³/mol. The van der Waals surface area contributed by atoms with Gasteiger partial charge in [-0.05, 0) is 19.1 Å². The molecule has 1 aliphatic heterocycles. The highest BCUT2D eigenvalue weighted by Crippen LogP contribution is 2.03. The van der Waals surface area contributed by atoms with E-state index in [2.05, 4.69) is 20.5 Å². The fraction of sp³-hybridized carbons (Fsp3) is 0.562. The molecule has 2 rings (SSSR count). The maximum atomic E-state index is 11.9. The van der Waals surface area contributed by atoms with Gasteiger partial charge in [-0.15, -0.1) is 0 Å². The largest absolute Gasteiger partial charge is 0.467 e. The van der Waals surface area contributed by atoms with Crippen LogP contribution in [0.3, 0.4) is 0 Å². The van der Waals surface area contributed by atoms with Crippen LogP contribution in [0.15, 0.2) is 27.8 Å². The van der Waals surface area contributed by atoms with Crippen LogP contribution in [0, 0.1) is 0 Å². The van der Waals surface area contributed by atoms with Gasteiger partial charge in [-0.2, -0.15) is 0 Å². The van der Waals surface area contributed by atoms with Gasteiger partial charge in [0, 0.05) is 39.6 Å². The molecule has 2 N–H and O–H groups in total. The average Bonchev–Trinajstić information content (AvgIpc) is 3.10. The highest BCUT2D eigenvalue weighted by atomic mass is 16.3. The third kappa shape index (κ3) is 5.29. The average molecular weight is 335 g/mol. The van der Waals surface area contributed by atoms with Crippen LogP contribution in [0.2, 0.25) is 0 Å². The Morgan fingerprint density at radius 2 is 1.92 bits per heavy atom. The Hall–Kier alpha value is -2.51. The molecule has 1 aliphatic rings. The maximum absolute atomic E-state index is 11.9. The lowest BCUT2D eigenvalue weighted by Crippen LogP contribution is -2.53. The first kappa shape index (κ1) is 17.8. The second kappa shape index (κ2) is 8.95. The van der Waals surface area contributed by atoms with Crippen LogP contribution >= 0.6 is 0 Å². The van der Waals surface area contributed by atoms with Crippen molar-refractivity contribution in [1.82, 2.24) is 20.4 Å². The molecule has 0 aromatic carbocycles. The predicted octanol–water partition coefficient (Wildman–Crippen LogP) is 0.0254. The van der Waals surface area contributed by atoms with Crippen molar-refractivity contribution < 1.29 is 14.0 Å². The molecular weight excluding hydrogens is 310 g/mol. The minimum atomic E-state index is -0.163. The Morgan fingerprint density at radius 1 is 1.21 bits per heavy atom. The lowest BCUT2D eigenvalue weighted by molar-refractivity contribution is -0.130. The van der Waals surface area contributed by atoms with Crippen molar-refractivity contribution in [2.24, 2.45) is 4.99 Å². The van der Waals surface area contributed by atoms with Crippen LogP contribution in [0.4, 0.5) is 0 Å². The van der Waals surface area contributed by atoms with Crippen LogP contribution in [0.1, 0.15) is 19.6 Å². The van der Waals surface area contributed by atoms with Crippen molar-refractivity contribution in [3.63, 3.8) is 0 Å². The summed E-state index contributed by atoms with van der Waals surface area (Å²) in [6.07, 6.45) is 1.57. The number of nitrogens with one attached hydrogen (secondary N) is 2. The lowest BCUT2D eigenvalue weighted by atomic mass is 10.3. The highest BCUT2D eigenvalue weighted by molar-refractivity contribution is 5.85. The molecule has 0 unspecified atom stereocenters. The van der Waals surface area contributed by atoms with Gasteiger partial charge in [0.15, 0.2) is 5.96 Å². The Kier molecular flexibility index (Phi) is 6.65. The molecule has 1 saturated heterocycles. The highest BCUT2D eigenvalue weighted by Gasteiger charge is 2.21. The van der Waals surface area contributed by atoms with Crippen molar-refractivity contribution in [2.75, 3.05) is 39.3 Å². The number of rotatable bonds is 5. The number of hydrogen-bond donors (Lipinski definition) is 2. The van der Waals surface area contributed by atoms with E-state index in [0.29, 0.717) is 44.4 Å². The van der Waals surface area contributed by atoms with Gasteiger partial charge < -0.3 is 24.9 Å². The standard InChI is InChI=1S/C16H25N5O3/c1-3-17-16(21-8-6-20(7-9-21)13(2)22)19-12-15(23)18-11-14-5-4-10-24-14/h4-5,10H,3,6-9,11-12H2,1-2H3,(H,17,19)(H,18,23). The molecule has 132 valence electrons. The first-order valence-electron chi connectivity index (χ1n) is 8.18. The van der Waals surface area contributed by atoms with Crippen molar-refractivity contribution in [3.05, 3.63) is 24.2 Å². The zero-order chi connectivity index (χ0) is 17.4. The first-order chi connectivity index (χ1) is 11.6. The zero-order valence-electron chi connectivity index (χ0n) is 14.2. The summed E-state index contributed by atoms with van der Waals surface area (Å²) in [6.45, 7) is 7.45. The molecule has 2 amide bonds. The fourth-order valence-electron chi connectivity index (χ4n) is 2.46.